The molecule has 1 N–H and O–H groups in total. The lowest BCUT2D eigenvalue weighted by molar-refractivity contribution is -0.122. The molecule has 0 radical (unpaired) electrons. The van der Waals surface area contributed by atoms with Crippen LogP contribution < -0.4 is 23.8 Å². The minimum atomic E-state index is -3.74. The van der Waals surface area contributed by atoms with E-state index >= 15 is 0 Å². The SMILES string of the molecule is COc1cccc(N([C@@H](C)C(=O)N[C@H](C)c2cc(OC)ccc2OC)S(C)(=O)=O)c1. The highest BCUT2D eigenvalue weighted by Crippen LogP contribution is 2.30. The maximum atomic E-state index is 13.0. The van der Waals surface area contributed by atoms with Crippen molar-refractivity contribution in [2.45, 2.75) is 25.9 Å². The van der Waals surface area contributed by atoms with Crippen LogP contribution in [0.1, 0.15) is 25.5 Å². The molecule has 30 heavy (non-hydrogen) atoms. The van der Waals surface area contributed by atoms with Gasteiger partial charge in [0.25, 0.3) is 0 Å². The van der Waals surface area contributed by atoms with Crippen molar-refractivity contribution in [3.05, 3.63) is 48.0 Å². The lowest BCUT2D eigenvalue weighted by Gasteiger charge is -2.29. The number of ether oxygens (including phenoxy) is 3. The summed E-state index contributed by atoms with van der Waals surface area (Å²) in [6.07, 6.45) is 1.06. The standard InChI is InChI=1S/C21H28N2O6S/c1-14(19-13-18(28-4)10-11-20(19)29-5)22-21(24)15(2)23(30(6,25)26)16-8-7-9-17(12-16)27-3/h7-15H,1-6H3,(H,22,24)/t14-,15+/m1/s1. The maximum absolute atomic E-state index is 13.0. The average Bonchev–Trinajstić information content (AvgIpc) is 2.72. The van der Waals surface area contributed by atoms with Crippen LogP contribution in [0.2, 0.25) is 0 Å². The van der Waals surface area contributed by atoms with Crippen molar-refractivity contribution in [3.8, 4) is 17.2 Å². The predicted molar refractivity (Wildman–Crippen MR) is 116 cm³/mol. The Morgan fingerprint density at radius 3 is 2.17 bits per heavy atom. The van der Waals surface area contributed by atoms with Gasteiger partial charge in [-0.1, -0.05) is 6.07 Å². The number of rotatable bonds is 9. The Balaban J connectivity index is 2.32. The summed E-state index contributed by atoms with van der Waals surface area (Å²) < 4.78 is 41.9. The fourth-order valence-electron chi connectivity index (χ4n) is 3.15. The molecule has 0 fully saturated rings. The van der Waals surface area contributed by atoms with Gasteiger partial charge in [0.1, 0.15) is 23.3 Å². The van der Waals surface area contributed by atoms with E-state index in [1.807, 2.05) is 0 Å². The molecule has 0 aliphatic rings. The second kappa shape index (κ2) is 9.71. The summed E-state index contributed by atoms with van der Waals surface area (Å²) in [5.41, 5.74) is 1.05. The zero-order chi connectivity index (χ0) is 22.5. The van der Waals surface area contributed by atoms with Gasteiger partial charge in [0, 0.05) is 11.6 Å². The second-order valence-electron chi connectivity index (χ2n) is 6.77. The summed E-state index contributed by atoms with van der Waals surface area (Å²) in [6.45, 7) is 3.32. The number of hydrogen-bond donors (Lipinski definition) is 1. The fourth-order valence-corrected chi connectivity index (χ4v) is 4.31. The first-order valence-corrected chi connectivity index (χ1v) is 11.1. The first kappa shape index (κ1) is 23.3. The number of nitrogens with one attached hydrogen (secondary N) is 1. The monoisotopic (exact) mass is 436 g/mol. The van der Waals surface area contributed by atoms with Crippen LogP contribution in [0.4, 0.5) is 5.69 Å². The molecule has 164 valence electrons. The van der Waals surface area contributed by atoms with E-state index in [-0.39, 0.29) is 0 Å². The highest BCUT2D eigenvalue weighted by atomic mass is 32.2. The van der Waals surface area contributed by atoms with Gasteiger partial charge in [0.2, 0.25) is 15.9 Å². The van der Waals surface area contributed by atoms with Crippen LogP contribution in [0.5, 0.6) is 17.2 Å². The molecule has 0 saturated carbocycles. The molecule has 0 spiro atoms. The molecule has 0 aromatic heterocycles. The van der Waals surface area contributed by atoms with Gasteiger partial charge in [0.15, 0.2) is 0 Å². The summed E-state index contributed by atoms with van der Waals surface area (Å²) in [4.78, 5) is 13.0. The van der Waals surface area contributed by atoms with Crippen molar-refractivity contribution in [2.75, 3.05) is 31.9 Å². The van der Waals surface area contributed by atoms with Crippen molar-refractivity contribution in [3.63, 3.8) is 0 Å². The van der Waals surface area contributed by atoms with Gasteiger partial charge in [-0.3, -0.25) is 9.10 Å². The van der Waals surface area contributed by atoms with Crippen LogP contribution in [0.25, 0.3) is 0 Å². The third kappa shape index (κ3) is 5.35. The van der Waals surface area contributed by atoms with Crippen LogP contribution in [-0.4, -0.2) is 48.0 Å². The minimum absolute atomic E-state index is 0.339. The van der Waals surface area contributed by atoms with Crippen molar-refractivity contribution >= 4 is 21.6 Å². The van der Waals surface area contributed by atoms with E-state index in [2.05, 4.69) is 5.32 Å². The molecule has 8 nitrogen and oxygen atoms in total. The number of carbonyl (C=O) groups excluding carboxylic acids is 1. The predicted octanol–water partition coefficient (Wildman–Crippen LogP) is 2.74. The van der Waals surface area contributed by atoms with E-state index in [0.717, 1.165) is 10.6 Å². The molecule has 2 aromatic rings. The Morgan fingerprint density at radius 1 is 0.967 bits per heavy atom. The van der Waals surface area contributed by atoms with Crippen LogP contribution in [0.3, 0.4) is 0 Å². The molecule has 2 atom stereocenters. The van der Waals surface area contributed by atoms with Gasteiger partial charge in [-0.25, -0.2) is 8.42 Å². The molecule has 0 bridgehead atoms. The van der Waals surface area contributed by atoms with E-state index in [4.69, 9.17) is 14.2 Å². The number of benzene rings is 2. The van der Waals surface area contributed by atoms with Gasteiger partial charge in [-0.2, -0.15) is 0 Å². The molecule has 2 rings (SSSR count). The Labute approximate surface area is 177 Å². The summed E-state index contributed by atoms with van der Waals surface area (Å²) >= 11 is 0. The second-order valence-corrected chi connectivity index (χ2v) is 8.63. The zero-order valence-electron chi connectivity index (χ0n) is 18.0. The number of hydrogen-bond acceptors (Lipinski definition) is 6. The molecule has 0 unspecified atom stereocenters. The van der Waals surface area contributed by atoms with Crippen LogP contribution in [0.15, 0.2) is 42.5 Å². The van der Waals surface area contributed by atoms with E-state index in [1.165, 1.54) is 21.1 Å². The fraction of sp³-hybridized carbons (Fsp3) is 0.381. The summed E-state index contributed by atoms with van der Waals surface area (Å²) in [5, 5.41) is 2.86. The quantitative estimate of drug-likeness (QED) is 0.650. The van der Waals surface area contributed by atoms with Gasteiger partial charge in [-0.15, -0.1) is 0 Å². The van der Waals surface area contributed by atoms with Crippen molar-refractivity contribution < 1.29 is 27.4 Å². The van der Waals surface area contributed by atoms with Crippen molar-refractivity contribution in [1.29, 1.82) is 0 Å². The summed E-state index contributed by atoms with van der Waals surface area (Å²) in [7, 11) is 0.839. The number of nitrogens with zero attached hydrogens (tertiary/aromatic N) is 1. The molecule has 0 aliphatic carbocycles. The normalized spacial score (nSPS) is 13.1. The van der Waals surface area contributed by atoms with Crippen molar-refractivity contribution in [2.24, 2.45) is 0 Å². The Hall–Kier alpha value is -2.94. The Kier molecular flexibility index (Phi) is 7.55. The summed E-state index contributed by atoms with van der Waals surface area (Å²) in [5.74, 6) is 1.24. The van der Waals surface area contributed by atoms with Crippen LogP contribution in [-0.2, 0) is 14.8 Å². The number of sulfonamides is 1. The molecule has 0 aliphatic heterocycles. The third-order valence-corrected chi connectivity index (χ3v) is 5.90. The molecule has 0 heterocycles. The van der Waals surface area contributed by atoms with Crippen LogP contribution in [0, 0.1) is 0 Å². The maximum Gasteiger partial charge on any atom is 0.244 e. The van der Waals surface area contributed by atoms with E-state index < -0.39 is 28.0 Å². The minimum Gasteiger partial charge on any atom is -0.497 e. The van der Waals surface area contributed by atoms with Crippen molar-refractivity contribution in [1.82, 2.24) is 5.32 Å². The molecule has 9 heteroatoms. The first-order valence-electron chi connectivity index (χ1n) is 9.28. The zero-order valence-corrected chi connectivity index (χ0v) is 18.8. The van der Waals surface area contributed by atoms with Gasteiger partial charge < -0.3 is 19.5 Å². The number of amides is 1. The Bertz CT molecular complexity index is 993. The lowest BCUT2D eigenvalue weighted by atomic mass is 10.1. The van der Waals surface area contributed by atoms with E-state index in [1.54, 1.807) is 56.5 Å². The number of anilines is 1. The Morgan fingerprint density at radius 2 is 1.60 bits per heavy atom. The molecule has 0 saturated heterocycles. The number of carbonyl (C=O) groups is 1. The van der Waals surface area contributed by atoms with Gasteiger partial charge in [-0.05, 0) is 44.2 Å². The lowest BCUT2D eigenvalue weighted by Crippen LogP contribution is -2.48. The molecule has 1 amide bonds. The first-order chi connectivity index (χ1) is 14.1. The largest absolute Gasteiger partial charge is 0.497 e. The van der Waals surface area contributed by atoms with Gasteiger partial charge >= 0.3 is 0 Å². The molecular weight excluding hydrogens is 408 g/mol. The average molecular weight is 437 g/mol. The summed E-state index contributed by atoms with van der Waals surface area (Å²) in [6, 6.07) is 10.4. The third-order valence-electron chi connectivity index (χ3n) is 4.66. The van der Waals surface area contributed by atoms with E-state index in [9.17, 15) is 13.2 Å². The smallest absolute Gasteiger partial charge is 0.244 e. The van der Waals surface area contributed by atoms with E-state index in [0.29, 0.717) is 28.5 Å². The molecular formula is C21H28N2O6S. The highest BCUT2D eigenvalue weighted by Gasteiger charge is 2.30. The highest BCUT2D eigenvalue weighted by molar-refractivity contribution is 7.92. The topological polar surface area (TPSA) is 94.2 Å². The van der Waals surface area contributed by atoms with Crippen LogP contribution >= 0.6 is 0 Å². The molecule has 2 aromatic carbocycles. The number of methoxy groups -OCH3 is 3. The van der Waals surface area contributed by atoms with Gasteiger partial charge in [0.05, 0.1) is 39.3 Å².